The zero-order chi connectivity index (χ0) is 18.4. The Kier molecular flexibility index (Phi) is 6.02. The Morgan fingerprint density at radius 1 is 1.04 bits per heavy atom. The van der Waals surface area contributed by atoms with Gasteiger partial charge in [0.05, 0.1) is 0 Å². The average molecular weight is 371 g/mol. The van der Waals surface area contributed by atoms with Crippen LogP contribution in [-0.4, -0.2) is 24.8 Å². The van der Waals surface area contributed by atoms with Gasteiger partial charge in [0.2, 0.25) is 5.91 Å². The lowest BCUT2D eigenvalue weighted by Crippen LogP contribution is -2.22. The Morgan fingerprint density at radius 2 is 1.62 bits per heavy atom. The van der Waals surface area contributed by atoms with Crippen LogP contribution in [0.2, 0.25) is 0 Å². The largest absolute Gasteiger partial charge is 0.356 e. The van der Waals surface area contributed by atoms with Crippen LogP contribution >= 0.6 is 7.37 Å². The second-order valence-corrected chi connectivity index (χ2v) is 8.74. The van der Waals surface area contributed by atoms with Gasteiger partial charge in [-0.05, 0) is 37.1 Å². The molecule has 1 fully saturated rings. The highest BCUT2D eigenvalue weighted by Gasteiger charge is 2.30. The molecule has 1 heterocycles. The molecule has 0 radical (unpaired) electrons. The van der Waals surface area contributed by atoms with Crippen molar-refractivity contribution in [2.24, 2.45) is 5.92 Å². The van der Waals surface area contributed by atoms with Crippen LogP contribution in [0, 0.1) is 5.92 Å². The smallest absolute Gasteiger partial charge is 0.261 e. The Morgan fingerprint density at radius 3 is 2.12 bits per heavy atom. The first-order chi connectivity index (χ1) is 12.6. The number of hydrogen-bond donors (Lipinski definition) is 1. The molecule has 6 heteroatoms. The number of ketones is 1. The van der Waals surface area contributed by atoms with E-state index in [0.717, 1.165) is 6.42 Å². The summed E-state index contributed by atoms with van der Waals surface area (Å²) in [4.78, 5) is 23.8. The Hall–Kier alpha value is -2.23. The van der Waals surface area contributed by atoms with Crippen LogP contribution in [0.15, 0.2) is 60.7 Å². The zero-order valence-electron chi connectivity index (χ0n) is 14.5. The molecule has 0 spiro atoms. The Labute approximate surface area is 153 Å². The van der Waals surface area contributed by atoms with Crippen molar-refractivity contribution in [3.8, 4) is 0 Å². The van der Waals surface area contributed by atoms with Crippen LogP contribution in [0.5, 0.6) is 0 Å². The number of hydrogen-bond acceptors (Lipinski definition) is 4. The fraction of sp³-hybridized carbons (Fsp3) is 0.300. The van der Waals surface area contributed by atoms with E-state index in [2.05, 4.69) is 5.32 Å². The van der Waals surface area contributed by atoms with Crippen LogP contribution in [0.25, 0.3) is 0 Å². The van der Waals surface area contributed by atoms with E-state index >= 15 is 0 Å². The van der Waals surface area contributed by atoms with Gasteiger partial charge in [-0.15, -0.1) is 0 Å². The van der Waals surface area contributed by atoms with Gasteiger partial charge in [0.15, 0.2) is 5.78 Å². The molecule has 1 saturated heterocycles. The van der Waals surface area contributed by atoms with Crippen molar-refractivity contribution in [1.82, 2.24) is 5.32 Å². The molecule has 2 aromatic rings. The second kappa shape index (κ2) is 8.43. The molecule has 1 amide bonds. The van der Waals surface area contributed by atoms with Crippen LogP contribution in [-0.2, 0) is 18.7 Å². The molecular formula is C20H22NO4P. The highest BCUT2D eigenvalue weighted by Crippen LogP contribution is 2.44. The number of nitrogens with one attached hydrogen (secondary N) is 1. The minimum absolute atomic E-state index is 0.0120. The number of carbonyl (C=O) groups is 2. The molecule has 2 aromatic carbocycles. The van der Waals surface area contributed by atoms with E-state index in [9.17, 15) is 14.2 Å². The van der Waals surface area contributed by atoms with E-state index in [1.54, 1.807) is 48.5 Å². The Bertz CT molecular complexity index is 764. The lowest BCUT2D eigenvalue weighted by atomic mass is 10.0. The molecule has 3 rings (SSSR count). The lowest BCUT2D eigenvalue weighted by molar-refractivity contribution is -0.123. The summed E-state index contributed by atoms with van der Waals surface area (Å²) in [6.45, 7) is 0.445. The summed E-state index contributed by atoms with van der Waals surface area (Å²) in [5.74, 6) is -0.233. The molecule has 136 valence electrons. The predicted molar refractivity (Wildman–Crippen MR) is 101 cm³/mol. The predicted octanol–water partition coefficient (Wildman–Crippen LogP) is 2.42. The van der Waals surface area contributed by atoms with E-state index < -0.39 is 7.37 Å². The number of carbonyl (C=O) groups excluding carboxylic acids is 2. The maximum Gasteiger partial charge on any atom is 0.261 e. The summed E-state index contributed by atoms with van der Waals surface area (Å²) < 4.78 is 19.3. The van der Waals surface area contributed by atoms with Gasteiger partial charge in [-0.25, -0.2) is 0 Å². The minimum atomic E-state index is -3.34. The molecule has 1 aliphatic rings. The van der Waals surface area contributed by atoms with Gasteiger partial charge in [0, 0.05) is 29.5 Å². The standard InChI is InChI=1S/C20H22NO4P/c22-17(12-11-16-13-14-21-20(16)23)15-25-26(24,18-7-3-1-4-8-18)19-9-5-2-6-10-19/h1-10,16H,11-15H2,(H,21,23). The highest BCUT2D eigenvalue weighted by molar-refractivity contribution is 7.74. The molecule has 5 nitrogen and oxygen atoms in total. The summed E-state index contributed by atoms with van der Waals surface area (Å²) in [6, 6.07) is 17.9. The fourth-order valence-corrected chi connectivity index (χ4v) is 5.09. The third-order valence-corrected chi connectivity index (χ3v) is 6.98. The van der Waals surface area contributed by atoms with Gasteiger partial charge in [0.25, 0.3) is 7.37 Å². The van der Waals surface area contributed by atoms with Gasteiger partial charge < -0.3 is 9.84 Å². The summed E-state index contributed by atoms with van der Waals surface area (Å²) in [7, 11) is -3.34. The van der Waals surface area contributed by atoms with Gasteiger partial charge >= 0.3 is 0 Å². The highest BCUT2D eigenvalue weighted by atomic mass is 31.2. The summed E-state index contributed by atoms with van der Waals surface area (Å²) in [5, 5.41) is 3.89. The first kappa shape index (κ1) is 18.6. The van der Waals surface area contributed by atoms with Crippen LogP contribution in [0.3, 0.4) is 0 Å². The van der Waals surface area contributed by atoms with Crippen molar-refractivity contribution in [1.29, 1.82) is 0 Å². The normalized spacial score (nSPS) is 17.1. The van der Waals surface area contributed by atoms with Gasteiger partial charge in [0.1, 0.15) is 6.61 Å². The topological polar surface area (TPSA) is 72.5 Å². The SMILES string of the molecule is O=C(CCC1CCNC1=O)COP(=O)(c1ccccc1)c1ccccc1. The average Bonchev–Trinajstić information content (AvgIpc) is 3.10. The first-order valence-corrected chi connectivity index (χ1v) is 10.4. The van der Waals surface area contributed by atoms with E-state index in [1.165, 1.54) is 0 Å². The quantitative estimate of drug-likeness (QED) is 0.724. The third kappa shape index (κ3) is 4.29. The van der Waals surface area contributed by atoms with E-state index in [0.29, 0.717) is 23.6 Å². The maximum atomic E-state index is 13.6. The zero-order valence-corrected chi connectivity index (χ0v) is 15.4. The molecule has 1 unspecified atom stereocenters. The molecular weight excluding hydrogens is 349 g/mol. The number of rotatable bonds is 8. The van der Waals surface area contributed by atoms with Crippen molar-refractivity contribution in [3.05, 3.63) is 60.7 Å². The van der Waals surface area contributed by atoms with E-state index in [1.807, 2.05) is 12.1 Å². The molecule has 1 N–H and O–H groups in total. The number of Topliss-reactive ketones (excluding diaryl/α,β-unsaturated/α-hetero) is 1. The summed E-state index contributed by atoms with van der Waals surface area (Å²) >= 11 is 0. The van der Waals surface area contributed by atoms with Crippen LogP contribution in [0.4, 0.5) is 0 Å². The number of benzene rings is 2. The molecule has 0 saturated carbocycles. The lowest BCUT2D eigenvalue weighted by Gasteiger charge is -2.19. The fourth-order valence-electron chi connectivity index (χ4n) is 3.04. The van der Waals surface area contributed by atoms with Crippen molar-refractivity contribution < 1.29 is 18.7 Å². The summed E-state index contributed by atoms with van der Waals surface area (Å²) in [5.41, 5.74) is 0. The first-order valence-electron chi connectivity index (χ1n) is 8.75. The maximum absolute atomic E-state index is 13.6. The van der Waals surface area contributed by atoms with E-state index in [4.69, 9.17) is 4.52 Å². The second-order valence-electron chi connectivity index (χ2n) is 6.35. The van der Waals surface area contributed by atoms with Crippen molar-refractivity contribution in [2.75, 3.05) is 13.2 Å². The van der Waals surface area contributed by atoms with Gasteiger partial charge in [-0.2, -0.15) is 0 Å². The Balaban J connectivity index is 1.68. The molecule has 0 aromatic heterocycles. The van der Waals surface area contributed by atoms with Crippen LogP contribution < -0.4 is 15.9 Å². The molecule has 26 heavy (non-hydrogen) atoms. The molecule has 1 atom stereocenters. The molecule has 1 aliphatic heterocycles. The number of amides is 1. The third-order valence-electron chi connectivity index (χ3n) is 4.53. The van der Waals surface area contributed by atoms with Crippen molar-refractivity contribution >= 4 is 29.7 Å². The van der Waals surface area contributed by atoms with Gasteiger partial charge in [-0.1, -0.05) is 36.4 Å². The van der Waals surface area contributed by atoms with Gasteiger partial charge in [-0.3, -0.25) is 14.2 Å². The summed E-state index contributed by atoms with van der Waals surface area (Å²) in [6.07, 6.45) is 1.52. The van der Waals surface area contributed by atoms with E-state index in [-0.39, 0.29) is 30.6 Å². The molecule has 0 aliphatic carbocycles. The minimum Gasteiger partial charge on any atom is -0.356 e. The van der Waals surface area contributed by atoms with Crippen LogP contribution in [0.1, 0.15) is 19.3 Å². The monoisotopic (exact) mass is 371 g/mol. The molecule has 0 bridgehead atoms. The van der Waals surface area contributed by atoms with Crippen molar-refractivity contribution in [3.63, 3.8) is 0 Å². The van der Waals surface area contributed by atoms with Crippen molar-refractivity contribution in [2.45, 2.75) is 19.3 Å².